The van der Waals surface area contributed by atoms with Gasteiger partial charge in [0.15, 0.2) is 0 Å². The molecular weight excluding hydrogens is 444 g/mol. The van der Waals surface area contributed by atoms with Crippen LogP contribution in [0.15, 0.2) is 48.5 Å². The molecule has 2 amide bonds. The van der Waals surface area contributed by atoms with Crippen LogP contribution in [0.4, 0.5) is 4.79 Å². The van der Waals surface area contributed by atoms with E-state index in [2.05, 4.69) is 29.6 Å². The van der Waals surface area contributed by atoms with Crippen molar-refractivity contribution in [3.05, 3.63) is 59.7 Å². The lowest BCUT2D eigenvalue weighted by Gasteiger charge is -2.31. The number of nitrogens with zero attached hydrogens (tertiary/aromatic N) is 1. The molecule has 7 nitrogen and oxygen atoms in total. The highest BCUT2D eigenvalue weighted by Crippen LogP contribution is 2.44. The minimum atomic E-state index is -0.862. The van der Waals surface area contributed by atoms with E-state index >= 15 is 0 Å². The molecule has 1 fully saturated rings. The molecule has 3 atom stereocenters. The van der Waals surface area contributed by atoms with Crippen molar-refractivity contribution in [2.75, 3.05) is 13.2 Å². The zero-order valence-electron chi connectivity index (χ0n) is 20.4. The van der Waals surface area contributed by atoms with Gasteiger partial charge in [-0.2, -0.15) is 0 Å². The predicted octanol–water partition coefficient (Wildman–Crippen LogP) is 4.80. The first-order valence-electron chi connectivity index (χ1n) is 12.5. The number of amides is 2. The van der Waals surface area contributed by atoms with Crippen molar-refractivity contribution in [1.82, 2.24) is 10.2 Å². The van der Waals surface area contributed by atoms with Gasteiger partial charge in [-0.25, -0.2) is 4.79 Å². The molecule has 2 aromatic carbocycles. The Bertz CT molecular complexity index is 1040. The summed E-state index contributed by atoms with van der Waals surface area (Å²) in [6, 6.07) is 15.5. The highest BCUT2D eigenvalue weighted by Gasteiger charge is 2.37. The van der Waals surface area contributed by atoms with Crippen LogP contribution in [0.1, 0.15) is 63.0 Å². The van der Waals surface area contributed by atoms with Crippen LogP contribution < -0.4 is 5.32 Å². The molecule has 2 aliphatic rings. The zero-order valence-corrected chi connectivity index (χ0v) is 20.4. The van der Waals surface area contributed by atoms with Crippen molar-refractivity contribution in [2.45, 2.75) is 64.0 Å². The highest BCUT2D eigenvalue weighted by atomic mass is 16.5. The van der Waals surface area contributed by atoms with Gasteiger partial charge in [-0.3, -0.25) is 9.59 Å². The zero-order chi connectivity index (χ0) is 24.9. The Morgan fingerprint density at radius 1 is 1.09 bits per heavy atom. The molecule has 2 N–H and O–H groups in total. The molecule has 2 aromatic rings. The maximum Gasteiger partial charge on any atom is 0.407 e. The van der Waals surface area contributed by atoms with E-state index in [4.69, 9.17) is 9.84 Å². The number of ether oxygens (including phenoxy) is 1. The van der Waals surface area contributed by atoms with E-state index in [1.807, 2.05) is 38.1 Å². The molecule has 1 saturated heterocycles. The van der Waals surface area contributed by atoms with Crippen LogP contribution in [0.2, 0.25) is 0 Å². The van der Waals surface area contributed by atoms with Crippen LogP contribution in [0.25, 0.3) is 11.1 Å². The maximum absolute atomic E-state index is 13.4. The largest absolute Gasteiger partial charge is 0.481 e. The molecule has 1 aliphatic carbocycles. The molecule has 0 radical (unpaired) electrons. The van der Waals surface area contributed by atoms with Crippen molar-refractivity contribution >= 4 is 18.0 Å². The van der Waals surface area contributed by atoms with Gasteiger partial charge in [-0.15, -0.1) is 0 Å². The first kappa shape index (κ1) is 24.8. The SMILES string of the molecule is CCC(C)C(NC(=O)OCC1c2ccccc2-c2ccccc21)C(=O)N1CCCC1CCC(=O)O. The van der Waals surface area contributed by atoms with Crippen molar-refractivity contribution in [3.8, 4) is 11.1 Å². The monoisotopic (exact) mass is 478 g/mol. The number of rotatable bonds is 9. The Hall–Kier alpha value is -3.35. The summed E-state index contributed by atoms with van der Waals surface area (Å²) in [5, 5.41) is 11.9. The van der Waals surface area contributed by atoms with Crippen LogP contribution in [0, 0.1) is 5.92 Å². The van der Waals surface area contributed by atoms with Gasteiger partial charge in [0.25, 0.3) is 0 Å². The van der Waals surface area contributed by atoms with Crippen molar-refractivity contribution < 1.29 is 24.2 Å². The van der Waals surface area contributed by atoms with Gasteiger partial charge in [0, 0.05) is 24.9 Å². The van der Waals surface area contributed by atoms with Crippen LogP contribution in [0.5, 0.6) is 0 Å². The third-order valence-electron chi connectivity index (χ3n) is 7.45. The number of hydrogen-bond acceptors (Lipinski definition) is 4. The fourth-order valence-corrected chi connectivity index (χ4v) is 5.34. The molecule has 0 spiro atoms. The normalized spacial score (nSPS) is 18.5. The summed E-state index contributed by atoms with van der Waals surface area (Å²) in [7, 11) is 0. The lowest BCUT2D eigenvalue weighted by molar-refractivity contribution is -0.139. The van der Waals surface area contributed by atoms with Crippen LogP contribution in [-0.2, 0) is 14.3 Å². The summed E-state index contributed by atoms with van der Waals surface area (Å²) >= 11 is 0. The molecule has 7 heteroatoms. The van der Waals surface area contributed by atoms with E-state index in [0.29, 0.717) is 19.4 Å². The second kappa shape index (κ2) is 10.9. The lowest BCUT2D eigenvalue weighted by Crippen LogP contribution is -2.53. The smallest absolute Gasteiger partial charge is 0.407 e. The predicted molar refractivity (Wildman–Crippen MR) is 133 cm³/mol. The molecule has 3 unspecified atom stereocenters. The number of carboxylic acid groups (broad SMARTS) is 1. The Morgan fingerprint density at radius 2 is 1.71 bits per heavy atom. The first-order chi connectivity index (χ1) is 16.9. The van der Waals surface area contributed by atoms with E-state index in [9.17, 15) is 14.4 Å². The minimum Gasteiger partial charge on any atom is -0.481 e. The molecule has 0 bridgehead atoms. The average Bonchev–Trinajstić information content (AvgIpc) is 3.46. The van der Waals surface area contributed by atoms with E-state index in [-0.39, 0.29) is 36.8 Å². The number of likely N-dealkylation sites (tertiary alicyclic amines) is 1. The van der Waals surface area contributed by atoms with Crippen molar-refractivity contribution in [2.24, 2.45) is 5.92 Å². The number of carbonyl (C=O) groups is 3. The number of alkyl carbamates (subject to hydrolysis) is 1. The fraction of sp³-hybridized carbons (Fsp3) is 0.464. The quantitative estimate of drug-likeness (QED) is 0.540. The van der Waals surface area contributed by atoms with Gasteiger partial charge in [0.05, 0.1) is 0 Å². The number of aliphatic carboxylic acids is 1. The van der Waals surface area contributed by atoms with Crippen LogP contribution in [0.3, 0.4) is 0 Å². The van der Waals surface area contributed by atoms with Crippen molar-refractivity contribution in [1.29, 1.82) is 0 Å². The van der Waals surface area contributed by atoms with E-state index in [0.717, 1.165) is 35.1 Å². The third kappa shape index (κ3) is 5.34. The molecule has 0 saturated carbocycles. The van der Waals surface area contributed by atoms with Gasteiger partial charge in [0.2, 0.25) is 5.91 Å². The molecule has 0 aromatic heterocycles. The number of carboxylic acids is 1. The standard InChI is InChI=1S/C28H34N2O5/c1-3-18(2)26(27(33)30-16-8-9-19(30)14-15-25(31)32)29-28(34)35-17-24-22-12-6-4-10-20(22)21-11-5-7-13-23(21)24/h4-7,10-13,18-19,24,26H,3,8-9,14-17H2,1-2H3,(H,29,34)(H,31,32). The second-order valence-corrected chi connectivity index (χ2v) is 9.59. The maximum atomic E-state index is 13.4. The summed E-state index contributed by atoms with van der Waals surface area (Å²) in [6.07, 6.45) is 2.20. The third-order valence-corrected chi connectivity index (χ3v) is 7.45. The molecule has 186 valence electrons. The van der Waals surface area contributed by atoms with Gasteiger partial charge in [-0.1, -0.05) is 68.8 Å². The number of hydrogen-bond donors (Lipinski definition) is 2. The first-order valence-corrected chi connectivity index (χ1v) is 12.5. The number of fused-ring (bicyclic) bond motifs is 3. The summed E-state index contributed by atoms with van der Waals surface area (Å²) in [5.74, 6) is -1.14. The van der Waals surface area contributed by atoms with Gasteiger partial charge in [-0.05, 0) is 47.4 Å². The minimum absolute atomic E-state index is 0.0300. The molecule has 35 heavy (non-hydrogen) atoms. The molecule has 4 rings (SSSR count). The van der Waals surface area contributed by atoms with Crippen molar-refractivity contribution in [3.63, 3.8) is 0 Å². The van der Waals surface area contributed by atoms with Gasteiger partial charge >= 0.3 is 12.1 Å². The summed E-state index contributed by atoms with van der Waals surface area (Å²) in [6.45, 7) is 4.69. The fourth-order valence-electron chi connectivity index (χ4n) is 5.34. The second-order valence-electron chi connectivity index (χ2n) is 9.59. The Labute approximate surface area is 206 Å². The Kier molecular flexibility index (Phi) is 7.73. The summed E-state index contributed by atoms with van der Waals surface area (Å²) in [4.78, 5) is 39.1. The van der Waals surface area contributed by atoms with Gasteiger partial charge in [0.1, 0.15) is 12.6 Å². The lowest BCUT2D eigenvalue weighted by atomic mass is 9.97. The number of benzene rings is 2. The average molecular weight is 479 g/mol. The summed E-state index contributed by atoms with van der Waals surface area (Å²) in [5.41, 5.74) is 4.58. The highest BCUT2D eigenvalue weighted by molar-refractivity contribution is 5.86. The Balaban J connectivity index is 1.42. The Morgan fingerprint density at radius 3 is 2.31 bits per heavy atom. The van der Waals surface area contributed by atoms with E-state index in [1.165, 1.54) is 0 Å². The molecular formula is C28H34N2O5. The topological polar surface area (TPSA) is 95.9 Å². The number of nitrogens with one attached hydrogen (secondary N) is 1. The van der Waals surface area contributed by atoms with Crippen LogP contribution in [-0.4, -0.2) is 53.2 Å². The molecule has 1 aliphatic heterocycles. The summed E-state index contributed by atoms with van der Waals surface area (Å²) < 4.78 is 5.68. The number of carbonyl (C=O) groups excluding carboxylic acids is 2. The van der Waals surface area contributed by atoms with Gasteiger partial charge < -0.3 is 20.1 Å². The molecule has 1 heterocycles. The van der Waals surface area contributed by atoms with E-state index < -0.39 is 18.1 Å². The van der Waals surface area contributed by atoms with E-state index in [1.54, 1.807) is 4.90 Å². The van der Waals surface area contributed by atoms with Crippen LogP contribution >= 0.6 is 0 Å².